The van der Waals surface area contributed by atoms with Crippen LogP contribution in [0.3, 0.4) is 0 Å². The maximum Gasteiger partial charge on any atom is 0.306 e. The number of likely N-dealkylation sites (N-methyl/N-ethyl adjacent to an activating group) is 1. The second-order valence-corrected chi connectivity index (χ2v) is 23.9. The maximum absolute atomic E-state index is 13.5. The van der Waals surface area contributed by atoms with E-state index in [1.54, 1.807) is 0 Å². The molecule has 3 unspecified atom stereocenters. The molecule has 0 aromatic carbocycles. The number of amides is 1. The summed E-state index contributed by atoms with van der Waals surface area (Å²) < 4.78 is 30.3. The van der Waals surface area contributed by atoms with Crippen molar-refractivity contribution in [3.05, 3.63) is 97.2 Å². The summed E-state index contributed by atoms with van der Waals surface area (Å²) in [5.41, 5.74) is 0. The number of hydrogen-bond donors (Lipinski definition) is 1. The zero-order valence-electron chi connectivity index (χ0n) is 51.3. The van der Waals surface area contributed by atoms with Gasteiger partial charge in [-0.05, 0) is 109 Å². The van der Waals surface area contributed by atoms with E-state index in [0.29, 0.717) is 23.9 Å². The van der Waals surface area contributed by atoms with E-state index in [4.69, 9.17) is 13.8 Å². The highest BCUT2D eigenvalue weighted by atomic mass is 31.2. The molecule has 0 heterocycles. The van der Waals surface area contributed by atoms with E-state index >= 15 is 0 Å². The highest BCUT2D eigenvalue weighted by Gasteiger charge is 2.27. The number of ether oxygens (including phenoxy) is 1. The first kappa shape index (κ1) is 74.9. The largest absolute Gasteiger partial charge is 0.756 e. The summed E-state index contributed by atoms with van der Waals surface area (Å²) >= 11 is 0. The van der Waals surface area contributed by atoms with Gasteiger partial charge < -0.3 is 28.5 Å². The van der Waals surface area contributed by atoms with Crippen LogP contribution in [0.1, 0.15) is 271 Å². The van der Waals surface area contributed by atoms with E-state index in [-0.39, 0.29) is 24.9 Å². The third-order valence-corrected chi connectivity index (χ3v) is 14.7. The van der Waals surface area contributed by atoms with Crippen LogP contribution in [0.5, 0.6) is 0 Å². The first-order valence-electron chi connectivity index (χ1n) is 32.0. The molecule has 0 aliphatic heterocycles. The number of allylic oxidation sites excluding steroid dienone is 15. The molecule has 0 rings (SSSR count). The highest BCUT2D eigenvalue weighted by Crippen LogP contribution is 2.38. The molecule has 0 spiro atoms. The van der Waals surface area contributed by atoms with Crippen molar-refractivity contribution in [3.8, 4) is 0 Å². The minimum absolute atomic E-state index is 0.0322. The van der Waals surface area contributed by atoms with Crippen molar-refractivity contribution in [2.75, 3.05) is 40.9 Å². The van der Waals surface area contributed by atoms with E-state index in [1.165, 1.54) is 109 Å². The number of quaternary nitrogens is 1. The molecular weight excluding hydrogens is 988 g/mol. The SMILES string of the molecule is CC/C=C\C/C=C\C/C=C\C/C=C\C/C=C\C/C=C\CCCCCCC(=O)OC(/C=C\CCCCCCCCCCCCC)C(COP(=O)([O-])OCC[N+](C)(C)C)NC(=O)CCCCCCC/C=C/CCCCCCCCC. The summed E-state index contributed by atoms with van der Waals surface area (Å²) in [5.74, 6) is -0.581. The van der Waals surface area contributed by atoms with Crippen LogP contribution in [0.4, 0.5) is 0 Å². The molecule has 0 aliphatic carbocycles. The third-order valence-electron chi connectivity index (χ3n) is 13.7. The summed E-state index contributed by atoms with van der Waals surface area (Å²) in [6.45, 7) is 6.71. The zero-order valence-corrected chi connectivity index (χ0v) is 52.2. The van der Waals surface area contributed by atoms with Gasteiger partial charge in [0, 0.05) is 12.8 Å². The molecule has 9 nitrogen and oxygen atoms in total. The van der Waals surface area contributed by atoms with Gasteiger partial charge in [0.25, 0.3) is 7.82 Å². The molecule has 450 valence electrons. The van der Waals surface area contributed by atoms with E-state index < -0.39 is 26.6 Å². The molecule has 10 heteroatoms. The Morgan fingerprint density at radius 3 is 1.24 bits per heavy atom. The van der Waals surface area contributed by atoms with Crippen LogP contribution in [0, 0.1) is 0 Å². The number of nitrogens with zero attached hydrogens (tertiary/aromatic N) is 1. The Hall–Kier alpha value is -3.07. The van der Waals surface area contributed by atoms with Crippen molar-refractivity contribution >= 4 is 19.7 Å². The van der Waals surface area contributed by atoms with Crippen LogP contribution in [-0.4, -0.2) is 69.4 Å². The van der Waals surface area contributed by atoms with Crippen LogP contribution >= 0.6 is 7.82 Å². The molecule has 0 aromatic heterocycles. The Morgan fingerprint density at radius 1 is 0.462 bits per heavy atom. The topological polar surface area (TPSA) is 114 Å². The fraction of sp³-hybridized carbons (Fsp3) is 0.735. The number of phosphoric ester groups is 1. The number of nitrogens with one attached hydrogen (secondary N) is 1. The predicted molar refractivity (Wildman–Crippen MR) is 334 cm³/mol. The summed E-state index contributed by atoms with van der Waals surface area (Å²) in [4.78, 5) is 40.0. The van der Waals surface area contributed by atoms with Gasteiger partial charge in [0.2, 0.25) is 5.91 Å². The minimum atomic E-state index is -4.71. The Morgan fingerprint density at radius 2 is 0.821 bits per heavy atom. The molecule has 0 radical (unpaired) electrons. The van der Waals surface area contributed by atoms with E-state index in [2.05, 4.69) is 111 Å². The Balaban J connectivity index is 5.31. The van der Waals surface area contributed by atoms with Gasteiger partial charge in [-0.2, -0.15) is 0 Å². The van der Waals surface area contributed by atoms with Crippen LogP contribution in [0.15, 0.2) is 97.2 Å². The average molecular weight is 1110 g/mol. The zero-order chi connectivity index (χ0) is 57.2. The lowest BCUT2D eigenvalue weighted by molar-refractivity contribution is -0.870. The Labute approximate surface area is 481 Å². The number of esters is 1. The van der Waals surface area contributed by atoms with E-state index in [9.17, 15) is 19.0 Å². The second kappa shape index (κ2) is 57.2. The summed E-state index contributed by atoms with van der Waals surface area (Å²) in [7, 11) is 1.16. The molecular formula is C68H121N2O7P. The van der Waals surface area contributed by atoms with E-state index in [0.717, 1.165) is 122 Å². The lowest BCUT2D eigenvalue weighted by Gasteiger charge is -2.30. The first-order valence-corrected chi connectivity index (χ1v) is 33.5. The molecule has 1 N–H and O–H groups in total. The smallest absolute Gasteiger partial charge is 0.306 e. The van der Waals surface area contributed by atoms with Crippen molar-refractivity contribution in [1.29, 1.82) is 0 Å². The highest BCUT2D eigenvalue weighted by molar-refractivity contribution is 7.45. The molecule has 0 bridgehead atoms. The quantitative estimate of drug-likeness (QED) is 0.0212. The number of carbonyl (C=O) groups excluding carboxylic acids is 2. The first-order chi connectivity index (χ1) is 37.9. The average Bonchev–Trinajstić information content (AvgIpc) is 3.40. The summed E-state index contributed by atoms with van der Waals surface area (Å²) in [5, 5.41) is 3.02. The number of phosphoric acid groups is 1. The van der Waals surface area contributed by atoms with Gasteiger partial charge in [-0.15, -0.1) is 0 Å². The van der Waals surface area contributed by atoms with Gasteiger partial charge in [-0.3, -0.25) is 14.2 Å². The molecule has 0 saturated carbocycles. The van der Waals surface area contributed by atoms with Gasteiger partial charge in [0.1, 0.15) is 19.3 Å². The fourth-order valence-corrected chi connectivity index (χ4v) is 9.54. The molecule has 0 saturated heterocycles. The maximum atomic E-state index is 13.5. The Bertz CT molecular complexity index is 1660. The molecule has 78 heavy (non-hydrogen) atoms. The van der Waals surface area contributed by atoms with Crippen LogP contribution < -0.4 is 10.2 Å². The predicted octanol–water partition coefficient (Wildman–Crippen LogP) is 19.3. The van der Waals surface area contributed by atoms with Crippen LogP contribution in [-0.2, 0) is 27.9 Å². The molecule has 1 amide bonds. The number of unbranched alkanes of at least 4 members (excludes halogenated alkanes) is 27. The van der Waals surface area contributed by atoms with Gasteiger partial charge >= 0.3 is 5.97 Å². The summed E-state index contributed by atoms with van der Waals surface area (Å²) in [6, 6.07) is -0.909. The van der Waals surface area contributed by atoms with Crippen LogP contribution in [0.25, 0.3) is 0 Å². The second-order valence-electron chi connectivity index (χ2n) is 22.5. The van der Waals surface area contributed by atoms with Gasteiger partial charge in [0.05, 0.1) is 33.8 Å². The number of hydrogen-bond acceptors (Lipinski definition) is 7. The van der Waals surface area contributed by atoms with Crippen molar-refractivity contribution in [2.45, 2.75) is 283 Å². The Kier molecular flexibility index (Phi) is 54.9. The standard InChI is InChI=1S/C68H121N2O7P/c1-7-10-13-16-19-22-25-28-30-32-33-34-35-36-37-38-40-43-46-49-52-55-58-61-68(72)77-66(59-56-53-50-47-44-41-27-24-21-18-15-12-9-3)65(64-76-78(73,74)75-63-62-70(4,5)6)69-67(71)60-57-54-51-48-45-42-39-31-29-26-23-20-17-14-11-8-2/h10,13,19,22,28,30-31,33-34,36-37,39-40,43,56,59,65-66H,7-9,11-12,14-18,20-21,23-27,29,32,35,38,41-42,44-55,57-58,60-64H2,1-6H3,(H-,69,71,73,74)/b13-10-,22-19-,30-28-,34-33-,37-36-,39-31+,43-40-,59-56-. The lowest BCUT2D eigenvalue weighted by atomic mass is 10.0. The van der Waals surface area contributed by atoms with Crippen molar-refractivity contribution < 1.29 is 37.3 Å². The number of carbonyl (C=O) groups is 2. The fourth-order valence-electron chi connectivity index (χ4n) is 8.81. The minimum Gasteiger partial charge on any atom is -0.756 e. The lowest BCUT2D eigenvalue weighted by Crippen LogP contribution is -2.47. The van der Waals surface area contributed by atoms with Crippen molar-refractivity contribution in [2.24, 2.45) is 0 Å². The van der Waals surface area contributed by atoms with Gasteiger partial charge in [0.15, 0.2) is 0 Å². The monoisotopic (exact) mass is 1110 g/mol. The molecule has 0 aromatic rings. The van der Waals surface area contributed by atoms with Gasteiger partial charge in [-0.25, -0.2) is 0 Å². The van der Waals surface area contributed by atoms with Crippen molar-refractivity contribution in [1.82, 2.24) is 5.32 Å². The molecule has 0 aliphatic rings. The molecule has 3 atom stereocenters. The van der Waals surface area contributed by atoms with E-state index in [1.807, 2.05) is 33.3 Å². The summed E-state index contributed by atoms with van der Waals surface area (Å²) in [6.07, 6.45) is 76.6. The molecule has 0 fully saturated rings. The third kappa shape index (κ3) is 57.6. The van der Waals surface area contributed by atoms with Crippen LogP contribution in [0.2, 0.25) is 0 Å². The van der Waals surface area contributed by atoms with Crippen molar-refractivity contribution in [3.63, 3.8) is 0 Å². The normalized spacial score (nSPS) is 14.3. The van der Waals surface area contributed by atoms with Gasteiger partial charge in [-0.1, -0.05) is 247 Å². The number of rotatable bonds is 57.